The van der Waals surface area contributed by atoms with Crippen molar-refractivity contribution >= 4 is 17.3 Å². The Balaban J connectivity index is 1.45. The van der Waals surface area contributed by atoms with Crippen LogP contribution in [0.5, 0.6) is 11.5 Å². The first-order valence-corrected chi connectivity index (χ1v) is 10.8. The van der Waals surface area contributed by atoms with Gasteiger partial charge in [-0.3, -0.25) is 9.78 Å². The summed E-state index contributed by atoms with van der Waals surface area (Å²) in [4.78, 5) is 19.6. The van der Waals surface area contributed by atoms with Gasteiger partial charge in [-0.1, -0.05) is 24.3 Å². The van der Waals surface area contributed by atoms with Crippen molar-refractivity contribution in [2.45, 2.75) is 25.7 Å². The van der Waals surface area contributed by atoms with Crippen LogP contribution in [0, 0.1) is 6.92 Å². The Kier molecular flexibility index (Phi) is 6.59. The molecule has 1 amide bonds. The molecule has 2 heterocycles. The number of hydrogen-bond acceptors (Lipinski definition) is 5. The number of hydrogen-bond donors (Lipinski definition) is 1. The third-order valence-electron chi connectivity index (χ3n) is 5.83. The molecule has 6 nitrogen and oxygen atoms in total. The van der Waals surface area contributed by atoms with E-state index in [1.54, 1.807) is 14.2 Å². The van der Waals surface area contributed by atoms with Crippen molar-refractivity contribution < 1.29 is 14.3 Å². The lowest BCUT2D eigenvalue weighted by Gasteiger charge is -2.18. The minimum absolute atomic E-state index is 0.124. The van der Waals surface area contributed by atoms with Crippen LogP contribution in [-0.4, -0.2) is 43.1 Å². The number of para-hydroxylation sites is 1. The van der Waals surface area contributed by atoms with Crippen molar-refractivity contribution in [2.24, 2.45) is 0 Å². The summed E-state index contributed by atoms with van der Waals surface area (Å²) in [5.74, 6) is 1.91. The standard InChI is InChI=1S/C26H29N3O3/c1-18-13-22(28-21-8-6-9-23(15-21)31-2)16-24(27-18)20-11-12-29(17-20)26(30)14-19-7-4-5-10-25(19)32-3/h4-10,13,15-16,20H,11-12,14,17H2,1-3H3,(H,27,28)/t20-/m1/s1. The Morgan fingerprint density at radius 3 is 2.72 bits per heavy atom. The summed E-state index contributed by atoms with van der Waals surface area (Å²) in [7, 11) is 3.30. The van der Waals surface area contributed by atoms with Crippen LogP contribution in [-0.2, 0) is 11.2 Å². The number of pyridine rings is 1. The van der Waals surface area contributed by atoms with Crippen LogP contribution in [0.25, 0.3) is 0 Å². The van der Waals surface area contributed by atoms with E-state index in [-0.39, 0.29) is 11.8 Å². The van der Waals surface area contributed by atoms with Gasteiger partial charge in [-0.15, -0.1) is 0 Å². The Morgan fingerprint density at radius 2 is 1.91 bits per heavy atom. The summed E-state index contributed by atoms with van der Waals surface area (Å²) in [5, 5.41) is 3.45. The second kappa shape index (κ2) is 9.73. The average Bonchev–Trinajstić information content (AvgIpc) is 3.30. The molecule has 1 saturated heterocycles. The first kappa shape index (κ1) is 21.7. The molecule has 0 bridgehead atoms. The topological polar surface area (TPSA) is 63.7 Å². The SMILES string of the molecule is COc1cccc(Nc2cc(C)nc([C@@H]3CCN(C(=O)Cc4ccccc4OC)C3)c2)c1. The minimum atomic E-state index is 0.124. The molecular formula is C26H29N3O3. The molecule has 0 unspecified atom stereocenters. The molecule has 32 heavy (non-hydrogen) atoms. The van der Waals surface area contributed by atoms with E-state index >= 15 is 0 Å². The molecule has 0 spiro atoms. The van der Waals surface area contributed by atoms with Gasteiger partial charge < -0.3 is 19.7 Å². The Hall–Kier alpha value is -3.54. The fourth-order valence-electron chi connectivity index (χ4n) is 4.19. The highest BCUT2D eigenvalue weighted by molar-refractivity contribution is 5.80. The highest BCUT2D eigenvalue weighted by Crippen LogP contribution is 2.30. The van der Waals surface area contributed by atoms with E-state index in [1.165, 1.54) is 0 Å². The van der Waals surface area contributed by atoms with Gasteiger partial charge in [-0.25, -0.2) is 0 Å². The number of anilines is 2. The molecular weight excluding hydrogens is 402 g/mol. The smallest absolute Gasteiger partial charge is 0.227 e. The van der Waals surface area contributed by atoms with E-state index in [0.717, 1.165) is 52.8 Å². The molecule has 1 aliphatic heterocycles. The quantitative estimate of drug-likeness (QED) is 0.587. The number of aromatic nitrogens is 1. The Bertz CT molecular complexity index is 1100. The Morgan fingerprint density at radius 1 is 1.06 bits per heavy atom. The summed E-state index contributed by atoms with van der Waals surface area (Å²) in [6.45, 7) is 3.43. The third-order valence-corrected chi connectivity index (χ3v) is 5.83. The lowest BCUT2D eigenvalue weighted by atomic mass is 10.0. The van der Waals surface area contributed by atoms with Gasteiger partial charge in [0.2, 0.25) is 5.91 Å². The number of benzene rings is 2. The molecule has 1 atom stereocenters. The zero-order valence-corrected chi connectivity index (χ0v) is 18.8. The maximum absolute atomic E-state index is 12.9. The summed E-state index contributed by atoms with van der Waals surface area (Å²) in [6, 6.07) is 19.7. The molecule has 1 aliphatic rings. The van der Waals surface area contributed by atoms with Crippen LogP contribution < -0.4 is 14.8 Å². The summed E-state index contributed by atoms with van der Waals surface area (Å²) in [6.07, 6.45) is 1.26. The van der Waals surface area contributed by atoms with Gasteiger partial charge >= 0.3 is 0 Å². The maximum atomic E-state index is 12.9. The normalized spacial score (nSPS) is 15.5. The number of ether oxygens (including phenoxy) is 2. The van der Waals surface area contributed by atoms with Gasteiger partial charge in [-0.05, 0) is 43.7 Å². The number of amides is 1. The number of methoxy groups -OCH3 is 2. The number of carbonyl (C=O) groups excluding carboxylic acids is 1. The molecule has 1 fully saturated rings. The van der Waals surface area contributed by atoms with E-state index in [2.05, 4.69) is 11.4 Å². The van der Waals surface area contributed by atoms with Gasteiger partial charge in [0.25, 0.3) is 0 Å². The predicted octanol–water partition coefficient (Wildman–Crippen LogP) is 4.71. The fraction of sp³-hybridized carbons (Fsp3) is 0.308. The predicted molar refractivity (Wildman–Crippen MR) is 126 cm³/mol. The van der Waals surface area contributed by atoms with Gasteiger partial charge in [-0.2, -0.15) is 0 Å². The van der Waals surface area contributed by atoms with Crippen molar-refractivity contribution in [2.75, 3.05) is 32.6 Å². The molecule has 4 rings (SSSR count). The molecule has 3 aromatic rings. The van der Waals surface area contributed by atoms with E-state index in [0.29, 0.717) is 13.0 Å². The first-order chi connectivity index (χ1) is 15.6. The van der Waals surface area contributed by atoms with Crippen LogP contribution in [0.15, 0.2) is 60.7 Å². The van der Waals surface area contributed by atoms with Crippen molar-refractivity contribution in [3.8, 4) is 11.5 Å². The number of aryl methyl sites for hydroxylation is 1. The summed E-state index contributed by atoms with van der Waals surface area (Å²) >= 11 is 0. The van der Waals surface area contributed by atoms with Crippen molar-refractivity contribution in [1.82, 2.24) is 9.88 Å². The van der Waals surface area contributed by atoms with Crippen molar-refractivity contribution in [3.63, 3.8) is 0 Å². The highest BCUT2D eigenvalue weighted by Gasteiger charge is 2.29. The van der Waals surface area contributed by atoms with Gasteiger partial charge in [0.05, 0.1) is 20.6 Å². The molecule has 2 aromatic carbocycles. The van der Waals surface area contributed by atoms with Crippen LogP contribution in [0.4, 0.5) is 11.4 Å². The molecule has 1 aromatic heterocycles. The van der Waals surface area contributed by atoms with Crippen molar-refractivity contribution in [3.05, 3.63) is 77.6 Å². The molecule has 1 N–H and O–H groups in total. The second-order valence-electron chi connectivity index (χ2n) is 8.09. The van der Waals surface area contributed by atoms with E-state index < -0.39 is 0 Å². The molecule has 166 valence electrons. The van der Waals surface area contributed by atoms with Crippen LogP contribution in [0.2, 0.25) is 0 Å². The minimum Gasteiger partial charge on any atom is -0.497 e. The number of likely N-dealkylation sites (tertiary alicyclic amines) is 1. The summed E-state index contributed by atoms with van der Waals surface area (Å²) < 4.78 is 10.7. The molecule has 6 heteroatoms. The number of rotatable bonds is 7. The van der Waals surface area contributed by atoms with E-state index in [4.69, 9.17) is 14.5 Å². The maximum Gasteiger partial charge on any atom is 0.227 e. The first-order valence-electron chi connectivity index (χ1n) is 10.8. The number of carbonyl (C=O) groups is 1. The van der Waals surface area contributed by atoms with E-state index in [9.17, 15) is 4.79 Å². The van der Waals surface area contributed by atoms with Crippen molar-refractivity contribution in [1.29, 1.82) is 0 Å². The van der Waals surface area contributed by atoms with Gasteiger partial charge in [0, 0.05) is 53.4 Å². The lowest BCUT2D eigenvalue weighted by molar-refractivity contribution is -0.129. The monoisotopic (exact) mass is 431 g/mol. The average molecular weight is 432 g/mol. The van der Waals surface area contributed by atoms with Crippen LogP contribution >= 0.6 is 0 Å². The fourth-order valence-corrected chi connectivity index (χ4v) is 4.19. The van der Waals surface area contributed by atoms with E-state index in [1.807, 2.05) is 66.4 Å². The van der Waals surface area contributed by atoms with Gasteiger partial charge in [0.15, 0.2) is 0 Å². The summed E-state index contributed by atoms with van der Waals surface area (Å²) in [5.41, 5.74) is 4.83. The zero-order chi connectivity index (χ0) is 22.5. The number of nitrogens with zero attached hydrogens (tertiary/aromatic N) is 2. The van der Waals surface area contributed by atoms with Crippen LogP contribution in [0.3, 0.4) is 0 Å². The highest BCUT2D eigenvalue weighted by atomic mass is 16.5. The molecule has 0 radical (unpaired) electrons. The second-order valence-corrected chi connectivity index (χ2v) is 8.09. The van der Waals surface area contributed by atoms with Gasteiger partial charge in [0.1, 0.15) is 11.5 Å². The Labute approximate surface area is 189 Å². The molecule has 0 saturated carbocycles. The van der Waals surface area contributed by atoms with Crippen LogP contribution in [0.1, 0.15) is 29.3 Å². The lowest BCUT2D eigenvalue weighted by Crippen LogP contribution is -2.30. The largest absolute Gasteiger partial charge is 0.497 e. The molecule has 0 aliphatic carbocycles. The number of nitrogens with one attached hydrogen (secondary N) is 1. The zero-order valence-electron chi connectivity index (χ0n) is 18.8. The third kappa shape index (κ3) is 5.02.